The molecular formula is C12H26N4O2S. The van der Waals surface area contributed by atoms with Crippen molar-refractivity contribution in [2.24, 2.45) is 10.9 Å². The van der Waals surface area contributed by atoms with Gasteiger partial charge in [-0.3, -0.25) is 4.99 Å². The summed E-state index contributed by atoms with van der Waals surface area (Å²) in [6.45, 7) is 7.98. The van der Waals surface area contributed by atoms with E-state index in [1.54, 1.807) is 0 Å². The van der Waals surface area contributed by atoms with Gasteiger partial charge < -0.3 is 10.2 Å². The molecule has 1 rings (SSSR count). The Morgan fingerprint density at radius 2 is 2.00 bits per heavy atom. The van der Waals surface area contributed by atoms with Gasteiger partial charge in [0.15, 0.2) is 5.96 Å². The second kappa shape index (κ2) is 7.69. The van der Waals surface area contributed by atoms with Gasteiger partial charge in [-0.15, -0.1) is 0 Å². The van der Waals surface area contributed by atoms with E-state index >= 15 is 0 Å². The van der Waals surface area contributed by atoms with E-state index in [-0.39, 0.29) is 0 Å². The Labute approximate surface area is 116 Å². The third kappa shape index (κ3) is 6.77. The summed E-state index contributed by atoms with van der Waals surface area (Å²) in [5.74, 6) is 1.68. The van der Waals surface area contributed by atoms with Gasteiger partial charge in [-0.05, 0) is 25.7 Å². The zero-order chi connectivity index (χ0) is 14.3. The van der Waals surface area contributed by atoms with Gasteiger partial charge in [-0.2, -0.15) is 0 Å². The molecule has 0 aromatic heterocycles. The van der Waals surface area contributed by atoms with Gasteiger partial charge in [-0.25, -0.2) is 13.1 Å². The quantitative estimate of drug-likeness (QED) is 0.432. The minimum atomic E-state index is -3.12. The molecule has 0 unspecified atom stereocenters. The second-order valence-corrected chi connectivity index (χ2v) is 6.90. The normalized spacial score (nSPS) is 18.7. The molecule has 0 aromatic rings. The van der Waals surface area contributed by atoms with Crippen molar-refractivity contribution in [2.45, 2.75) is 26.7 Å². The van der Waals surface area contributed by atoms with Crippen LogP contribution in [0.4, 0.5) is 0 Å². The maximum absolute atomic E-state index is 11.0. The number of nitrogens with one attached hydrogen (secondary N) is 2. The number of aliphatic imine (C=N–C) groups is 1. The van der Waals surface area contributed by atoms with Gasteiger partial charge in [0.25, 0.3) is 0 Å². The first-order chi connectivity index (χ1) is 8.92. The average Bonchev–Trinajstić information content (AvgIpc) is 2.33. The highest BCUT2D eigenvalue weighted by molar-refractivity contribution is 7.88. The number of nitrogens with zero attached hydrogens (tertiary/aromatic N) is 2. The highest BCUT2D eigenvalue weighted by Gasteiger charge is 2.18. The Balaban J connectivity index is 2.46. The number of rotatable bonds is 5. The monoisotopic (exact) mass is 290 g/mol. The molecule has 0 spiro atoms. The largest absolute Gasteiger partial charge is 0.357 e. The fraction of sp³-hybridized carbons (Fsp3) is 0.917. The molecular weight excluding hydrogens is 264 g/mol. The van der Waals surface area contributed by atoms with Crippen LogP contribution in [0.1, 0.15) is 26.7 Å². The molecule has 1 saturated heterocycles. The summed E-state index contributed by atoms with van der Waals surface area (Å²) < 4.78 is 24.4. The van der Waals surface area contributed by atoms with Crippen LogP contribution in [-0.4, -0.2) is 58.3 Å². The van der Waals surface area contributed by atoms with Crippen LogP contribution in [0.2, 0.25) is 0 Å². The SMILES string of the molecule is CCNC(=NCCNS(C)(=O)=O)N1CCC(C)CC1. The maximum Gasteiger partial charge on any atom is 0.208 e. The minimum Gasteiger partial charge on any atom is -0.357 e. The predicted molar refractivity (Wildman–Crippen MR) is 78.8 cm³/mol. The van der Waals surface area contributed by atoms with Crippen LogP contribution in [0.5, 0.6) is 0 Å². The van der Waals surface area contributed by atoms with Crippen LogP contribution in [0.3, 0.4) is 0 Å². The molecule has 1 aliphatic heterocycles. The standard InChI is InChI=1S/C12H26N4O2S/c1-4-13-12(14-7-8-15-19(3,17)18)16-9-5-11(2)6-10-16/h11,15H,4-10H2,1-3H3,(H,13,14). The van der Waals surface area contributed by atoms with Crippen molar-refractivity contribution < 1.29 is 8.42 Å². The average molecular weight is 290 g/mol. The Bertz CT molecular complexity index is 387. The van der Waals surface area contributed by atoms with E-state index in [4.69, 9.17) is 0 Å². The maximum atomic E-state index is 11.0. The van der Waals surface area contributed by atoms with Gasteiger partial charge in [0.05, 0.1) is 12.8 Å². The van der Waals surface area contributed by atoms with Crippen molar-refractivity contribution in [3.8, 4) is 0 Å². The van der Waals surface area contributed by atoms with E-state index in [0.717, 1.165) is 37.8 Å². The smallest absolute Gasteiger partial charge is 0.208 e. The van der Waals surface area contributed by atoms with Crippen molar-refractivity contribution in [2.75, 3.05) is 39.0 Å². The molecule has 1 fully saturated rings. The Hall–Kier alpha value is -0.820. The topological polar surface area (TPSA) is 73.8 Å². The summed E-state index contributed by atoms with van der Waals surface area (Å²) in [7, 11) is -3.12. The number of guanidine groups is 1. The molecule has 0 atom stereocenters. The van der Waals surface area contributed by atoms with Gasteiger partial charge in [0.1, 0.15) is 0 Å². The van der Waals surface area contributed by atoms with Crippen molar-refractivity contribution >= 4 is 16.0 Å². The highest BCUT2D eigenvalue weighted by atomic mass is 32.2. The third-order valence-electron chi connectivity index (χ3n) is 3.16. The summed E-state index contributed by atoms with van der Waals surface area (Å²) in [6.07, 6.45) is 3.53. The molecule has 0 aliphatic carbocycles. The molecule has 0 saturated carbocycles. The number of piperidine rings is 1. The minimum absolute atomic E-state index is 0.345. The third-order valence-corrected chi connectivity index (χ3v) is 3.88. The van der Waals surface area contributed by atoms with Gasteiger partial charge in [0, 0.05) is 26.2 Å². The van der Waals surface area contributed by atoms with E-state index in [1.807, 2.05) is 6.92 Å². The molecule has 0 amide bonds. The zero-order valence-corrected chi connectivity index (χ0v) is 13.0. The van der Waals surface area contributed by atoms with Gasteiger partial charge in [0.2, 0.25) is 10.0 Å². The molecule has 0 aromatic carbocycles. The number of hydrogen-bond donors (Lipinski definition) is 2. The number of likely N-dealkylation sites (tertiary alicyclic amines) is 1. The van der Waals surface area contributed by atoms with Gasteiger partial charge in [-0.1, -0.05) is 6.92 Å². The van der Waals surface area contributed by atoms with Crippen molar-refractivity contribution in [1.82, 2.24) is 14.9 Å². The summed E-state index contributed by atoms with van der Waals surface area (Å²) in [4.78, 5) is 6.72. The molecule has 1 aliphatic rings. The molecule has 6 nitrogen and oxygen atoms in total. The first-order valence-corrected chi connectivity index (χ1v) is 8.79. The molecule has 19 heavy (non-hydrogen) atoms. The van der Waals surface area contributed by atoms with Crippen molar-refractivity contribution in [3.63, 3.8) is 0 Å². The van der Waals surface area contributed by atoms with Crippen molar-refractivity contribution in [1.29, 1.82) is 0 Å². The Kier molecular flexibility index (Phi) is 6.57. The van der Waals surface area contributed by atoms with Crippen LogP contribution in [0, 0.1) is 5.92 Å². The highest BCUT2D eigenvalue weighted by Crippen LogP contribution is 2.15. The van der Waals surface area contributed by atoms with Crippen LogP contribution in [-0.2, 0) is 10.0 Å². The van der Waals surface area contributed by atoms with Gasteiger partial charge >= 0.3 is 0 Å². The lowest BCUT2D eigenvalue weighted by Gasteiger charge is -2.33. The lowest BCUT2D eigenvalue weighted by Crippen LogP contribution is -2.45. The summed E-state index contributed by atoms with van der Waals surface area (Å²) in [6, 6.07) is 0. The molecule has 2 N–H and O–H groups in total. The fourth-order valence-electron chi connectivity index (χ4n) is 2.04. The second-order valence-electron chi connectivity index (χ2n) is 5.07. The number of sulfonamides is 1. The molecule has 1 heterocycles. The Morgan fingerprint density at radius 3 is 2.53 bits per heavy atom. The van der Waals surface area contributed by atoms with Crippen LogP contribution in [0.15, 0.2) is 4.99 Å². The first-order valence-electron chi connectivity index (χ1n) is 6.90. The van der Waals surface area contributed by atoms with E-state index in [0.29, 0.717) is 13.1 Å². The predicted octanol–water partition coefficient (Wildman–Crippen LogP) is 0.233. The summed E-state index contributed by atoms with van der Waals surface area (Å²) in [5.41, 5.74) is 0. The molecule has 112 valence electrons. The van der Waals surface area contributed by atoms with Crippen LogP contribution < -0.4 is 10.0 Å². The summed E-state index contributed by atoms with van der Waals surface area (Å²) in [5, 5.41) is 3.26. The fourth-order valence-corrected chi connectivity index (χ4v) is 2.50. The lowest BCUT2D eigenvalue weighted by molar-refractivity contribution is 0.273. The Morgan fingerprint density at radius 1 is 1.37 bits per heavy atom. The van der Waals surface area contributed by atoms with Crippen molar-refractivity contribution in [3.05, 3.63) is 0 Å². The van der Waals surface area contributed by atoms with Crippen LogP contribution >= 0.6 is 0 Å². The zero-order valence-electron chi connectivity index (χ0n) is 12.1. The molecule has 0 bridgehead atoms. The van der Waals surface area contributed by atoms with E-state index in [1.165, 1.54) is 12.8 Å². The molecule has 0 radical (unpaired) electrons. The lowest BCUT2D eigenvalue weighted by atomic mass is 10.00. The van der Waals surface area contributed by atoms with Crippen LogP contribution in [0.25, 0.3) is 0 Å². The molecule has 7 heteroatoms. The van der Waals surface area contributed by atoms with E-state index in [9.17, 15) is 8.42 Å². The first kappa shape index (κ1) is 16.2. The summed E-state index contributed by atoms with van der Waals surface area (Å²) >= 11 is 0. The van der Waals surface area contributed by atoms with E-state index < -0.39 is 10.0 Å². The number of hydrogen-bond acceptors (Lipinski definition) is 3. The van der Waals surface area contributed by atoms with E-state index in [2.05, 4.69) is 26.9 Å².